The highest BCUT2D eigenvalue weighted by molar-refractivity contribution is 5.95. The number of amides is 1. The van der Waals surface area contributed by atoms with Crippen molar-refractivity contribution in [2.24, 2.45) is 5.92 Å². The van der Waals surface area contributed by atoms with Gasteiger partial charge in [0.05, 0.1) is 24.4 Å². The number of ether oxygens (including phenoxy) is 2. The summed E-state index contributed by atoms with van der Waals surface area (Å²) >= 11 is 0. The Bertz CT molecular complexity index is 1230. The first-order valence-electron chi connectivity index (χ1n) is 13.3. The number of carbonyl (C=O) groups excluding carboxylic acids is 1. The van der Waals surface area contributed by atoms with E-state index in [-0.39, 0.29) is 5.91 Å². The van der Waals surface area contributed by atoms with Gasteiger partial charge in [0.15, 0.2) is 11.5 Å². The maximum atomic E-state index is 13.8. The van der Waals surface area contributed by atoms with Gasteiger partial charge in [-0.2, -0.15) is 0 Å². The third-order valence-electron chi connectivity index (χ3n) is 7.15. The predicted molar refractivity (Wildman–Crippen MR) is 142 cm³/mol. The molecule has 1 amide bonds. The van der Waals surface area contributed by atoms with Crippen molar-refractivity contribution in [3.05, 3.63) is 65.6 Å². The van der Waals surface area contributed by atoms with Crippen LogP contribution in [0.3, 0.4) is 0 Å². The average Bonchev–Trinajstić information content (AvgIpc) is 2.93. The summed E-state index contributed by atoms with van der Waals surface area (Å²) in [6, 6.07) is 11.5. The van der Waals surface area contributed by atoms with Crippen LogP contribution >= 0.6 is 0 Å². The van der Waals surface area contributed by atoms with Crippen LogP contribution in [0.15, 0.2) is 48.8 Å². The molecule has 1 fully saturated rings. The molecule has 0 saturated carbocycles. The third-order valence-corrected chi connectivity index (χ3v) is 7.15. The monoisotopic (exact) mass is 501 g/mol. The van der Waals surface area contributed by atoms with E-state index in [0.717, 1.165) is 56.7 Å². The van der Waals surface area contributed by atoms with Gasteiger partial charge in [0.2, 0.25) is 11.8 Å². The largest absolute Gasteiger partial charge is 0.490 e. The topological polar surface area (TPSA) is 80.7 Å². The molecule has 0 aliphatic carbocycles. The summed E-state index contributed by atoms with van der Waals surface area (Å²) in [7, 11) is 0. The van der Waals surface area contributed by atoms with Crippen molar-refractivity contribution in [2.45, 2.75) is 52.5 Å². The second kappa shape index (κ2) is 11.6. The summed E-state index contributed by atoms with van der Waals surface area (Å²) in [4.78, 5) is 31.7. The normalized spacial score (nSPS) is 17.2. The van der Waals surface area contributed by atoms with Crippen LogP contribution in [0.25, 0.3) is 0 Å². The minimum Gasteiger partial charge on any atom is -0.490 e. The number of fused-ring (bicyclic) bond motifs is 2. The Morgan fingerprint density at radius 3 is 2.59 bits per heavy atom. The van der Waals surface area contributed by atoms with E-state index in [1.165, 1.54) is 0 Å². The molecule has 194 valence electrons. The number of aromatic nitrogens is 3. The molecule has 0 atom stereocenters. The molecular weight excluding hydrogens is 466 g/mol. The summed E-state index contributed by atoms with van der Waals surface area (Å²) in [5.74, 6) is 3.16. The molecule has 0 radical (unpaired) electrons. The SMILES string of the molecule is Cc1nc(N2CCC(C)CC2)ncc1C(=O)N1CCCCCOc2ccccc2Oc2ncccc2C1. The van der Waals surface area contributed by atoms with Gasteiger partial charge in [0.1, 0.15) is 0 Å². The fraction of sp³-hybridized carbons (Fsp3) is 0.448. The number of aryl methyl sites for hydroxylation is 1. The van der Waals surface area contributed by atoms with Crippen LogP contribution in [0.5, 0.6) is 17.4 Å². The van der Waals surface area contributed by atoms with Gasteiger partial charge in [-0.25, -0.2) is 15.0 Å². The van der Waals surface area contributed by atoms with E-state index in [1.807, 2.05) is 48.2 Å². The average molecular weight is 502 g/mol. The second-order valence-corrected chi connectivity index (χ2v) is 9.99. The molecule has 2 aliphatic rings. The van der Waals surface area contributed by atoms with Crippen molar-refractivity contribution in [1.82, 2.24) is 19.9 Å². The lowest BCUT2D eigenvalue weighted by Gasteiger charge is -2.30. The number of carbonyl (C=O) groups is 1. The van der Waals surface area contributed by atoms with Gasteiger partial charge in [0, 0.05) is 37.6 Å². The fourth-order valence-corrected chi connectivity index (χ4v) is 4.81. The van der Waals surface area contributed by atoms with Crippen molar-refractivity contribution < 1.29 is 14.3 Å². The van der Waals surface area contributed by atoms with Crippen LogP contribution in [0.1, 0.15) is 60.6 Å². The van der Waals surface area contributed by atoms with Crippen molar-refractivity contribution in [1.29, 1.82) is 0 Å². The number of piperidine rings is 1. The zero-order chi connectivity index (χ0) is 25.6. The van der Waals surface area contributed by atoms with Crippen molar-refractivity contribution in [3.8, 4) is 17.4 Å². The Hall–Kier alpha value is -3.68. The van der Waals surface area contributed by atoms with Gasteiger partial charge in [-0.3, -0.25) is 4.79 Å². The Morgan fingerprint density at radius 1 is 0.973 bits per heavy atom. The van der Waals surface area contributed by atoms with E-state index < -0.39 is 0 Å². The number of hydrogen-bond donors (Lipinski definition) is 0. The second-order valence-electron chi connectivity index (χ2n) is 9.99. The summed E-state index contributed by atoms with van der Waals surface area (Å²) in [5, 5.41) is 0. The van der Waals surface area contributed by atoms with Gasteiger partial charge in [-0.15, -0.1) is 0 Å². The number of rotatable bonds is 2. The van der Waals surface area contributed by atoms with Crippen molar-refractivity contribution in [2.75, 3.05) is 31.1 Å². The molecule has 0 bridgehead atoms. The van der Waals surface area contributed by atoms with Crippen LogP contribution in [-0.4, -0.2) is 52.0 Å². The van der Waals surface area contributed by atoms with Crippen molar-refractivity contribution in [3.63, 3.8) is 0 Å². The molecule has 8 nitrogen and oxygen atoms in total. The number of benzene rings is 1. The molecule has 5 rings (SSSR count). The highest BCUT2D eigenvalue weighted by atomic mass is 16.5. The van der Waals surface area contributed by atoms with Gasteiger partial charge in [-0.1, -0.05) is 25.1 Å². The van der Waals surface area contributed by atoms with Gasteiger partial charge >= 0.3 is 0 Å². The molecule has 4 heterocycles. The van der Waals surface area contributed by atoms with Gasteiger partial charge in [0.25, 0.3) is 5.91 Å². The summed E-state index contributed by atoms with van der Waals surface area (Å²) in [5.41, 5.74) is 2.09. The third kappa shape index (κ3) is 6.01. The van der Waals surface area contributed by atoms with E-state index in [1.54, 1.807) is 12.4 Å². The summed E-state index contributed by atoms with van der Waals surface area (Å²) < 4.78 is 12.2. The van der Waals surface area contributed by atoms with E-state index >= 15 is 0 Å². The molecule has 1 aromatic carbocycles. The zero-order valence-electron chi connectivity index (χ0n) is 21.7. The number of nitrogens with zero attached hydrogens (tertiary/aromatic N) is 5. The van der Waals surface area contributed by atoms with E-state index in [0.29, 0.717) is 54.3 Å². The van der Waals surface area contributed by atoms with E-state index in [9.17, 15) is 4.79 Å². The Kier molecular flexibility index (Phi) is 7.82. The molecule has 1 saturated heterocycles. The first kappa shape index (κ1) is 25.0. The minimum absolute atomic E-state index is 0.0716. The van der Waals surface area contributed by atoms with Crippen LogP contribution < -0.4 is 14.4 Å². The van der Waals surface area contributed by atoms with Crippen LogP contribution in [0.2, 0.25) is 0 Å². The standard InChI is InChI=1S/C29H35N5O3/c1-21-12-16-33(17-13-21)29-31-19-24(22(2)32-29)28(35)34-15-6-3-7-18-36-25-10-4-5-11-26(25)37-27-23(20-34)9-8-14-30-27/h4-5,8-11,14,19,21H,3,6-7,12-13,15-18,20H2,1-2H3. The minimum atomic E-state index is -0.0716. The smallest absolute Gasteiger partial charge is 0.257 e. The molecule has 0 spiro atoms. The van der Waals surface area contributed by atoms with Gasteiger partial charge in [-0.05, 0) is 63.1 Å². The zero-order valence-corrected chi connectivity index (χ0v) is 21.7. The first-order chi connectivity index (χ1) is 18.1. The molecule has 2 aromatic heterocycles. The molecule has 0 N–H and O–H groups in total. The Labute approximate surface area is 218 Å². The van der Waals surface area contributed by atoms with Gasteiger partial charge < -0.3 is 19.3 Å². The molecular formula is C29H35N5O3. The maximum absolute atomic E-state index is 13.8. The lowest BCUT2D eigenvalue weighted by molar-refractivity contribution is 0.0737. The predicted octanol–water partition coefficient (Wildman–Crippen LogP) is 5.41. The maximum Gasteiger partial charge on any atom is 0.257 e. The van der Waals surface area contributed by atoms with Crippen molar-refractivity contribution >= 4 is 11.9 Å². The number of pyridine rings is 1. The van der Waals surface area contributed by atoms with Crippen LogP contribution in [0, 0.1) is 12.8 Å². The number of para-hydroxylation sites is 2. The highest BCUT2D eigenvalue weighted by Crippen LogP contribution is 2.33. The molecule has 2 aliphatic heterocycles. The molecule has 8 heteroatoms. The van der Waals surface area contributed by atoms with Crippen LogP contribution in [-0.2, 0) is 6.54 Å². The Balaban J connectivity index is 1.40. The fourth-order valence-electron chi connectivity index (χ4n) is 4.81. The molecule has 3 aromatic rings. The van der Waals surface area contributed by atoms with E-state index in [2.05, 4.69) is 21.8 Å². The first-order valence-corrected chi connectivity index (χ1v) is 13.3. The quantitative estimate of drug-likeness (QED) is 0.464. The number of hydrogen-bond acceptors (Lipinski definition) is 7. The van der Waals surface area contributed by atoms with Crippen LogP contribution in [0.4, 0.5) is 5.95 Å². The lowest BCUT2D eigenvalue weighted by atomic mass is 10.00. The number of anilines is 1. The summed E-state index contributed by atoms with van der Waals surface area (Å²) in [6.45, 7) is 7.69. The van der Waals surface area contributed by atoms with E-state index in [4.69, 9.17) is 14.5 Å². The molecule has 37 heavy (non-hydrogen) atoms. The Morgan fingerprint density at radius 2 is 1.78 bits per heavy atom. The lowest BCUT2D eigenvalue weighted by Crippen LogP contribution is -2.35. The summed E-state index contributed by atoms with van der Waals surface area (Å²) in [6.07, 6.45) is 8.40. The molecule has 0 unspecified atom stereocenters. The highest BCUT2D eigenvalue weighted by Gasteiger charge is 2.24.